The Bertz CT molecular complexity index is 449. The Kier molecular flexibility index (Phi) is 12.6. The first-order valence-electron chi connectivity index (χ1n) is 9.03. The molecule has 0 bridgehead atoms. The number of hydrogen-bond acceptors (Lipinski definition) is 5. The van der Waals surface area contributed by atoms with Gasteiger partial charge in [-0.3, -0.25) is 9.89 Å². The van der Waals surface area contributed by atoms with Crippen molar-refractivity contribution in [1.29, 1.82) is 0 Å². The van der Waals surface area contributed by atoms with Crippen LogP contribution in [-0.4, -0.2) is 78.1 Å². The zero-order valence-electron chi connectivity index (χ0n) is 15.2. The summed E-state index contributed by atoms with van der Waals surface area (Å²) in [6.07, 6.45) is 6.79. The Balaban J connectivity index is 0.00000312. The summed E-state index contributed by atoms with van der Waals surface area (Å²) in [6.45, 7) is 10.7. The van der Waals surface area contributed by atoms with Crippen LogP contribution in [0, 0.1) is 0 Å². The monoisotopic (exact) mass is 465 g/mol. The van der Waals surface area contributed by atoms with E-state index in [4.69, 9.17) is 4.74 Å². The maximum absolute atomic E-state index is 5.37. The van der Waals surface area contributed by atoms with Gasteiger partial charge in [0.2, 0.25) is 0 Å². The van der Waals surface area contributed by atoms with Gasteiger partial charge >= 0.3 is 0 Å². The quantitative estimate of drug-likeness (QED) is 0.232. The number of ether oxygens (including phenoxy) is 1. The number of nitrogens with zero attached hydrogens (tertiary/aromatic N) is 5. The molecule has 144 valence electrons. The molecule has 0 unspecified atom stereocenters. The summed E-state index contributed by atoms with van der Waals surface area (Å²) in [7, 11) is 0. The van der Waals surface area contributed by atoms with Gasteiger partial charge in [0.15, 0.2) is 5.96 Å². The van der Waals surface area contributed by atoms with Gasteiger partial charge in [0.25, 0.3) is 0 Å². The van der Waals surface area contributed by atoms with Crippen LogP contribution in [0.3, 0.4) is 0 Å². The van der Waals surface area contributed by atoms with Crippen LogP contribution in [-0.2, 0) is 11.3 Å². The third kappa shape index (κ3) is 9.95. The highest BCUT2D eigenvalue weighted by Gasteiger charge is 2.08. The van der Waals surface area contributed by atoms with Crippen molar-refractivity contribution in [3.8, 4) is 0 Å². The van der Waals surface area contributed by atoms with Crippen molar-refractivity contribution in [3.63, 3.8) is 0 Å². The van der Waals surface area contributed by atoms with E-state index in [-0.39, 0.29) is 24.0 Å². The molecule has 2 N–H and O–H groups in total. The van der Waals surface area contributed by atoms with Gasteiger partial charge in [0.1, 0.15) is 12.7 Å². The summed E-state index contributed by atoms with van der Waals surface area (Å²) in [6, 6.07) is 0. The fraction of sp³-hybridized carbons (Fsp3) is 0.812. The lowest BCUT2D eigenvalue weighted by Crippen LogP contribution is -2.38. The Hall–Kier alpha value is -0.940. The van der Waals surface area contributed by atoms with Gasteiger partial charge < -0.3 is 19.9 Å². The maximum atomic E-state index is 5.37. The zero-order valence-corrected chi connectivity index (χ0v) is 17.5. The normalized spacial score (nSPS) is 15.6. The molecule has 1 aromatic heterocycles. The number of aliphatic imine (C=N–C) groups is 1. The maximum Gasteiger partial charge on any atom is 0.191 e. The lowest BCUT2D eigenvalue weighted by Gasteiger charge is -2.26. The third-order valence-electron chi connectivity index (χ3n) is 3.95. The predicted octanol–water partition coefficient (Wildman–Crippen LogP) is 0.954. The number of morpholine rings is 1. The highest BCUT2D eigenvalue weighted by atomic mass is 127. The van der Waals surface area contributed by atoms with Gasteiger partial charge in [-0.25, -0.2) is 0 Å². The molecule has 2 rings (SSSR count). The van der Waals surface area contributed by atoms with Gasteiger partial charge in [-0.1, -0.05) is 0 Å². The molecule has 0 radical (unpaired) electrons. The molecule has 25 heavy (non-hydrogen) atoms. The van der Waals surface area contributed by atoms with Gasteiger partial charge in [0.05, 0.1) is 13.2 Å². The average molecular weight is 465 g/mol. The van der Waals surface area contributed by atoms with E-state index in [0.717, 1.165) is 84.2 Å². The lowest BCUT2D eigenvalue weighted by molar-refractivity contribution is 0.0377. The van der Waals surface area contributed by atoms with E-state index < -0.39 is 0 Å². The summed E-state index contributed by atoms with van der Waals surface area (Å²) in [5.74, 6) is 0.920. The molecule has 1 aromatic rings. The standard InChI is InChI=1S/C16H31N7O.HI/c1-2-17-16(18-6-3-4-8-23-14-20-21-15-23)19-7-5-9-22-10-12-24-13-11-22;/h14-15H,2-13H2,1H3,(H2,17,18,19);1H. The molecule has 1 aliphatic rings. The first-order valence-corrected chi connectivity index (χ1v) is 9.03. The summed E-state index contributed by atoms with van der Waals surface area (Å²) < 4.78 is 7.37. The number of rotatable bonds is 10. The molecule has 0 aliphatic carbocycles. The zero-order chi connectivity index (χ0) is 16.9. The number of unbranched alkanes of at least 4 members (excludes halogenated alkanes) is 1. The SMILES string of the molecule is CCNC(=NCCCN1CCOCC1)NCCCCn1cnnc1.I. The minimum atomic E-state index is 0. The molecule has 0 amide bonds. The number of nitrogens with one attached hydrogen (secondary N) is 2. The first kappa shape index (κ1) is 22.1. The van der Waals surface area contributed by atoms with Crippen LogP contribution < -0.4 is 10.6 Å². The largest absolute Gasteiger partial charge is 0.379 e. The van der Waals surface area contributed by atoms with Gasteiger partial charge in [-0.2, -0.15) is 0 Å². The van der Waals surface area contributed by atoms with E-state index in [0.29, 0.717) is 0 Å². The van der Waals surface area contributed by atoms with E-state index in [9.17, 15) is 0 Å². The van der Waals surface area contributed by atoms with E-state index in [1.165, 1.54) is 0 Å². The second kappa shape index (κ2) is 14.3. The Morgan fingerprint density at radius 1 is 1.08 bits per heavy atom. The van der Waals surface area contributed by atoms with Crippen LogP contribution in [0.4, 0.5) is 0 Å². The summed E-state index contributed by atoms with van der Waals surface area (Å²) in [4.78, 5) is 7.11. The molecule has 9 heteroatoms. The molecule has 1 aliphatic heterocycles. The Morgan fingerprint density at radius 2 is 1.84 bits per heavy atom. The molecule has 1 saturated heterocycles. The highest BCUT2D eigenvalue weighted by Crippen LogP contribution is 1.98. The second-order valence-electron chi connectivity index (χ2n) is 5.90. The molecule has 0 saturated carbocycles. The highest BCUT2D eigenvalue weighted by molar-refractivity contribution is 14.0. The fourth-order valence-corrected chi connectivity index (χ4v) is 2.62. The number of halogens is 1. The third-order valence-corrected chi connectivity index (χ3v) is 3.95. The number of aryl methyl sites for hydroxylation is 1. The fourth-order valence-electron chi connectivity index (χ4n) is 2.62. The minimum absolute atomic E-state index is 0. The van der Waals surface area contributed by atoms with Crippen molar-refractivity contribution in [2.75, 3.05) is 52.5 Å². The number of guanidine groups is 1. The number of hydrogen-bond donors (Lipinski definition) is 2. The predicted molar refractivity (Wildman–Crippen MR) is 111 cm³/mol. The summed E-state index contributed by atoms with van der Waals surface area (Å²) in [5, 5.41) is 14.3. The topological polar surface area (TPSA) is 79.6 Å². The van der Waals surface area contributed by atoms with Crippen LogP contribution in [0.2, 0.25) is 0 Å². The summed E-state index contributed by atoms with van der Waals surface area (Å²) in [5.41, 5.74) is 0. The Labute approximate surface area is 167 Å². The van der Waals surface area contributed by atoms with Crippen LogP contribution >= 0.6 is 24.0 Å². The van der Waals surface area contributed by atoms with Crippen LogP contribution in [0.1, 0.15) is 26.2 Å². The first-order chi connectivity index (χ1) is 11.9. The van der Waals surface area contributed by atoms with E-state index in [2.05, 4.69) is 37.6 Å². The van der Waals surface area contributed by atoms with Crippen molar-refractivity contribution in [2.24, 2.45) is 4.99 Å². The van der Waals surface area contributed by atoms with Crippen LogP contribution in [0.5, 0.6) is 0 Å². The molecule has 8 nitrogen and oxygen atoms in total. The minimum Gasteiger partial charge on any atom is -0.379 e. The lowest BCUT2D eigenvalue weighted by atomic mass is 10.3. The van der Waals surface area contributed by atoms with Crippen LogP contribution in [0.25, 0.3) is 0 Å². The van der Waals surface area contributed by atoms with Gasteiger partial charge in [0, 0.05) is 45.8 Å². The average Bonchev–Trinajstić information content (AvgIpc) is 3.12. The smallest absolute Gasteiger partial charge is 0.191 e. The molecular weight excluding hydrogens is 433 g/mol. The van der Waals surface area contributed by atoms with Crippen molar-refractivity contribution in [1.82, 2.24) is 30.3 Å². The Morgan fingerprint density at radius 3 is 2.56 bits per heavy atom. The van der Waals surface area contributed by atoms with Crippen LogP contribution in [0.15, 0.2) is 17.6 Å². The molecular formula is C16H32IN7O. The molecule has 1 fully saturated rings. The van der Waals surface area contributed by atoms with Crippen molar-refractivity contribution < 1.29 is 4.74 Å². The molecule has 0 atom stereocenters. The summed E-state index contributed by atoms with van der Waals surface area (Å²) >= 11 is 0. The van der Waals surface area contributed by atoms with Crippen molar-refractivity contribution >= 4 is 29.9 Å². The van der Waals surface area contributed by atoms with E-state index in [1.54, 1.807) is 12.7 Å². The van der Waals surface area contributed by atoms with Crippen molar-refractivity contribution in [2.45, 2.75) is 32.7 Å². The van der Waals surface area contributed by atoms with E-state index >= 15 is 0 Å². The number of aromatic nitrogens is 3. The van der Waals surface area contributed by atoms with E-state index in [1.807, 2.05) is 4.57 Å². The molecule has 0 aromatic carbocycles. The van der Waals surface area contributed by atoms with Crippen molar-refractivity contribution in [3.05, 3.63) is 12.7 Å². The molecule has 0 spiro atoms. The van der Waals surface area contributed by atoms with Gasteiger partial charge in [-0.05, 0) is 26.2 Å². The van der Waals surface area contributed by atoms with Gasteiger partial charge in [-0.15, -0.1) is 34.2 Å². The molecule has 2 heterocycles. The second-order valence-corrected chi connectivity index (χ2v) is 5.90.